The summed E-state index contributed by atoms with van der Waals surface area (Å²) < 4.78 is 0. The van der Waals surface area contributed by atoms with Crippen LogP contribution in [0.25, 0.3) is 10.9 Å². The van der Waals surface area contributed by atoms with Gasteiger partial charge in [-0.2, -0.15) is 5.10 Å². The van der Waals surface area contributed by atoms with Gasteiger partial charge in [0.25, 0.3) is 0 Å². The van der Waals surface area contributed by atoms with Crippen LogP contribution in [0.5, 0.6) is 0 Å². The highest BCUT2D eigenvalue weighted by Gasteiger charge is 2.27. The smallest absolute Gasteiger partial charge is 0.236 e. The molecule has 1 N–H and O–H groups in total. The molecular weight excluding hydrogens is 354 g/mol. The van der Waals surface area contributed by atoms with Crippen molar-refractivity contribution in [3.8, 4) is 0 Å². The van der Waals surface area contributed by atoms with Gasteiger partial charge in [-0.05, 0) is 37.8 Å². The van der Waals surface area contributed by atoms with Gasteiger partial charge in [0.15, 0.2) is 0 Å². The first-order valence-electron chi connectivity index (χ1n) is 10.3. The first kappa shape index (κ1) is 18.9. The van der Waals surface area contributed by atoms with Crippen molar-refractivity contribution in [1.29, 1.82) is 0 Å². The lowest BCUT2D eigenvalue weighted by Gasteiger charge is -2.38. The molecule has 2 fully saturated rings. The fourth-order valence-electron chi connectivity index (χ4n) is 4.29. The van der Waals surface area contributed by atoms with Gasteiger partial charge in [0, 0.05) is 44.2 Å². The number of piperidine rings is 1. The lowest BCUT2D eigenvalue weighted by atomic mass is 10.0. The summed E-state index contributed by atoms with van der Waals surface area (Å²) in [6.07, 6.45) is 5.63. The van der Waals surface area contributed by atoms with Crippen LogP contribution in [-0.4, -0.2) is 82.0 Å². The molecule has 1 aromatic heterocycles. The first-order chi connectivity index (χ1) is 13.6. The Morgan fingerprint density at radius 3 is 2.71 bits per heavy atom. The van der Waals surface area contributed by atoms with E-state index in [4.69, 9.17) is 0 Å². The molecule has 0 saturated carbocycles. The van der Waals surface area contributed by atoms with Crippen LogP contribution in [-0.2, 0) is 16.0 Å². The van der Waals surface area contributed by atoms with Gasteiger partial charge in [-0.25, -0.2) is 0 Å². The van der Waals surface area contributed by atoms with Crippen molar-refractivity contribution in [2.45, 2.75) is 38.6 Å². The van der Waals surface area contributed by atoms with E-state index in [0.717, 1.165) is 48.9 Å². The maximum Gasteiger partial charge on any atom is 0.236 e. The second-order valence-electron chi connectivity index (χ2n) is 8.06. The molecule has 0 unspecified atom stereocenters. The molecule has 3 heterocycles. The average molecular weight is 383 g/mol. The maximum atomic E-state index is 12.7. The number of H-pyrrole nitrogens is 1. The topological polar surface area (TPSA) is 72.5 Å². The average Bonchev–Trinajstić information content (AvgIpc) is 3.16. The Morgan fingerprint density at radius 1 is 1.11 bits per heavy atom. The normalized spacial score (nSPS) is 21.2. The highest BCUT2D eigenvalue weighted by molar-refractivity contribution is 5.83. The van der Waals surface area contributed by atoms with Crippen LogP contribution < -0.4 is 0 Å². The molecule has 4 rings (SSSR count). The standard InChI is InChI=1S/C21H29N5O2/c1-16-4-2-3-7-26(16)21(28)15-24-8-10-25(11-9-24)20(27)13-17-5-6-18-14-22-23-19(18)12-17/h5-6,12,14,16H,2-4,7-11,13,15H2,1H3,(H,22,23)/t16-/m1/s1. The predicted octanol–water partition coefficient (Wildman–Crippen LogP) is 1.65. The van der Waals surface area contributed by atoms with E-state index in [9.17, 15) is 9.59 Å². The van der Waals surface area contributed by atoms with Crippen molar-refractivity contribution >= 4 is 22.7 Å². The zero-order valence-electron chi connectivity index (χ0n) is 16.6. The molecule has 2 saturated heterocycles. The summed E-state index contributed by atoms with van der Waals surface area (Å²) in [5, 5.41) is 8.03. The van der Waals surface area contributed by atoms with Crippen LogP contribution >= 0.6 is 0 Å². The molecule has 0 aliphatic carbocycles. The molecule has 2 aromatic rings. The quantitative estimate of drug-likeness (QED) is 0.871. The fraction of sp³-hybridized carbons (Fsp3) is 0.571. The van der Waals surface area contributed by atoms with E-state index in [1.807, 2.05) is 28.0 Å². The number of piperazine rings is 1. The molecule has 0 spiro atoms. The van der Waals surface area contributed by atoms with E-state index in [0.29, 0.717) is 32.1 Å². The van der Waals surface area contributed by atoms with Gasteiger partial charge in [0.2, 0.25) is 11.8 Å². The van der Waals surface area contributed by atoms with Crippen molar-refractivity contribution in [2.24, 2.45) is 0 Å². The van der Waals surface area contributed by atoms with Gasteiger partial charge in [0.1, 0.15) is 0 Å². The largest absolute Gasteiger partial charge is 0.340 e. The van der Waals surface area contributed by atoms with Gasteiger partial charge in [-0.1, -0.05) is 12.1 Å². The molecule has 0 bridgehead atoms. The summed E-state index contributed by atoms with van der Waals surface area (Å²) in [6.45, 7) is 6.41. The number of rotatable bonds is 4. The Hall–Kier alpha value is -2.41. The second-order valence-corrected chi connectivity index (χ2v) is 8.06. The van der Waals surface area contributed by atoms with Crippen LogP contribution in [0.1, 0.15) is 31.7 Å². The van der Waals surface area contributed by atoms with E-state index >= 15 is 0 Å². The maximum absolute atomic E-state index is 12.7. The molecule has 1 aromatic carbocycles. The minimum absolute atomic E-state index is 0.148. The van der Waals surface area contributed by atoms with Gasteiger partial charge < -0.3 is 9.80 Å². The number of hydrogen-bond acceptors (Lipinski definition) is 4. The number of fused-ring (bicyclic) bond motifs is 1. The van der Waals surface area contributed by atoms with E-state index in [1.54, 1.807) is 6.20 Å². The predicted molar refractivity (Wildman–Crippen MR) is 108 cm³/mol. The highest BCUT2D eigenvalue weighted by Crippen LogP contribution is 2.17. The third-order valence-corrected chi connectivity index (χ3v) is 6.07. The number of amides is 2. The third-order valence-electron chi connectivity index (χ3n) is 6.07. The van der Waals surface area contributed by atoms with Crippen molar-refractivity contribution in [2.75, 3.05) is 39.3 Å². The molecule has 150 valence electrons. The van der Waals surface area contributed by atoms with Crippen LogP contribution in [0.4, 0.5) is 0 Å². The Morgan fingerprint density at radius 2 is 1.93 bits per heavy atom. The number of nitrogens with one attached hydrogen (secondary N) is 1. The lowest BCUT2D eigenvalue weighted by molar-refractivity contribution is -0.137. The SMILES string of the molecule is C[C@@H]1CCCCN1C(=O)CN1CCN(C(=O)Cc2ccc3cn[nH]c3c2)CC1. The molecule has 0 radical (unpaired) electrons. The Balaban J connectivity index is 1.26. The number of nitrogens with zero attached hydrogens (tertiary/aromatic N) is 4. The zero-order chi connectivity index (χ0) is 19.5. The summed E-state index contributed by atoms with van der Waals surface area (Å²) >= 11 is 0. The van der Waals surface area contributed by atoms with E-state index in [2.05, 4.69) is 22.0 Å². The number of aromatic nitrogens is 2. The van der Waals surface area contributed by atoms with E-state index in [-0.39, 0.29) is 11.8 Å². The minimum atomic E-state index is 0.148. The third kappa shape index (κ3) is 4.19. The van der Waals surface area contributed by atoms with Crippen LogP contribution in [0, 0.1) is 0 Å². The van der Waals surface area contributed by atoms with Crippen LogP contribution in [0.15, 0.2) is 24.4 Å². The summed E-state index contributed by atoms with van der Waals surface area (Å²) in [5.41, 5.74) is 1.96. The monoisotopic (exact) mass is 383 g/mol. The summed E-state index contributed by atoms with van der Waals surface area (Å²) in [4.78, 5) is 31.4. The van der Waals surface area contributed by atoms with E-state index in [1.165, 1.54) is 6.42 Å². The number of carbonyl (C=O) groups excluding carboxylic acids is 2. The van der Waals surface area contributed by atoms with Crippen molar-refractivity contribution in [3.05, 3.63) is 30.0 Å². The molecular formula is C21H29N5O2. The number of hydrogen-bond donors (Lipinski definition) is 1. The highest BCUT2D eigenvalue weighted by atomic mass is 16.2. The first-order valence-corrected chi connectivity index (χ1v) is 10.3. The minimum Gasteiger partial charge on any atom is -0.340 e. The second kappa shape index (κ2) is 8.31. The fourth-order valence-corrected chi connectivity index (χ4v) is 4.29. The lowest BCUT2D eigenvalue weighted by Crippen LogP contribution is -2.53. The van der Waals surface area contributed by atoms with Crippen molar-refractivity contribution < 1.29 is 9.59 Å². The summed E-state index contributed by atoms with van der Waals surface area (Å²) in [5.74, 6) is 0.384. The van der Waals surface area contributed by atoms with Gasteiger partial charge in [-0.15, -0.1) is 0 Å². The molecule has 7 heteroatoms. The zero-order valence-corrected chi connectivity index (χ0v) is 16.6. The Bertz CT molecular complexity index is 840. The summed E-state index contributed by atoms with van der Waals surface area (Å²) in [7, 11) is 0. The van der Waals surface area contributed by atoms with Gasteiger partial charge in [0.05, 0.1) is 24.7 Å². The number of carbonyl (C=O) groups is 2. The molecule has 28 heavy (non-hydrogen) atoms. The van der Waals surface area contributed by atoms with E-state index < -0.39 is 0 Å². The molecule has 1 atom stereocenters. The van der Waals surface area contributed by atoms with Crippen LogP contribution in [0.2, 0.25) is 0 Å². The molecule has 7 nitrogen and oxygen atoms in total. The van der Waals surface area contributed by atoms with Gasteiger partial charge >= 0.3 is 0 Å². The van der Waals surface area contributed by atoms with Crippen molar-refractivity contribution in [3.63, 3.8) is 0 Å². The van der Waals surface area contributed by atoms with Crippen LogP contribution in [0.3, 0.4) is 0 Å². The molecule has 2 aliphatic heterocycles. The van der Waals surface area contributed by atoms with Crippen molar-refractivity contribution in [1.82, 2.24) is 24.9 Å². The molecule has 2 amide bonds. The number of benzene rings is 1. The number of likely N-dealkylation sites (tertiary alicyclic amines) is 1. The van der Waals surface area contributed by atoms with Gasteiger partial charge in [-0.3, -0.25) is 19.6 Å². The number of aromatic amines is 1. The Kier molecular flexibility index (Phi) is 5.62. The Labute approximate surface area is 165 Å². The summed E-state index contributed by atoms with van der Waals surface area (Å²) in [6, 6.07) is 6.34. The molecule has 2 aliphatic rings.